The van der Waals surface area contributed by atoms with Crippen LogP contribution in [0, 0.1) is 6.92 Å². The minimum absolute atomic E-state index is 0.0952. The number of para-hydroxylation sites is 2. The molecule has 2 heterocycles. The molecular weight excluding hydrogens is 464 g/mol. The van der Waals surface area contributed by atoms with Gasteiger partial charge in [0.25, 0.3) is 5.56 Å². The molecule has 8 heteroatoms. The van der Waals surface area contributed by atoms with Crippen molar-refractivity contribution in [3.05, 3.63) is 87.3 Å². The molecule has 0 aliphatic heterocycles. The van der Waals surface area contributed by atoms with Crippen LogP contribution in [0.3, 0.4) is 0 Å². The quantitative estimate of drug-likeness (QED) is 0.334. The van der Waals surface area contributed by atoms with Crippen molar-refractivity contribution in [1.29, 1.82) is 0 Å². The molecule has 6 nitrogen and oxygen atoms in total. The number of rotatable bonds is 5. The third-order valence-electron chi connectivity index (χ3n) is 4.35. The second-order valence-corrected chi connectivity index (χ2v) is 8.36. The van der Waals surface area contributed by atoms with E-state index in [1.54, 1.807) is 30.5 Å². The molecule has 2 aromatic heterocycles. The fourth-order valence-electron chi connectivity index (χ4n) is 2.88. The number of anilines is 1. The average molecular weight is 481 g/mol. The minimum Gasteiger partial charge on any atom is -0.324 e. The third-order valence-corrected chi connectivity index (χ3v) is 5.98. The van der Waals surface area contributed by atoms with Crippen LogP contribution in [0.15, 0.2) is 81.3 Å². The summed E-state index contributed by atoms with van der Waals surface area (Å²) in [5.41, 5.74) is 2.04. The van der Waals surface area contributed by atoms with E-state index in [4.69, 9.17) is 0 Å². The van der Waals surface area contributed by atoms with Crippen LogP contribution in [-0.2, 0) is 4.79 Å². The molecule has 0 unspecified atom stereocenters. The van der Waals surface area contributed by atoms with E-state index in [2.05, 4.69) is 31.2 Å². The highest BCUT2D eigenvalue weighted by molar-refractivity contribution is 9.10. The lowest BCUT2D eigenvalue weighted by atomic mass is 10.2. The number of aromatic nitrogens is 3. The van der Waals surface area contributed by atoms with Gasteiger partial charge in [0.15, 0.2) is 5.16 Å². The topological polar surface area (TPSA) is 76.9 Å². The number of pyridine rings is 1. The van der Waals surface area contributed by atoms with Crippen molar-refractivity contribution >= 4 is 50.2 Å². The number of amides is 1. The zero-order chi connectivity index (χ0) is 21.1. The first-order chi connectivity index (χ1) is 14.5. The Morgan fingerprint density at radius 1 is 1.10 bits per heavy atom. The second kappa shape index (κ2) is 8.81. The summed E-state index contributed by atoms with van der Waals surface area (Å²) < 4.78 is 2.26. The fraction of sp³-hybridized carbons (Fsp3) is 0.0909. The van der Waals surface area contributed by atoms with E-state index >= 15 is 0 Å². The van der Waals surface area contributed by atoms with Crippen LogP contribution in [-0.4, -0.2) is 26.2 Å². The molecular formula is C22H17BrN4O2S. The van der Waals surface area contributed by atoms with Crippen molar-refractivity contribution in [2.75, 3.05) is 11.1 Å². The van der Waals surface area contributed by atoms with Crippen LogP contribution in [0.4, 0.5) is 5.69 Å². The Morgan fingerprint density at radius 2 is 1.87 bits per heavy atom. The number of hydrogen-bond acceptors (Lipinski definition) is 5. The second-order valence-electron chi connectivity index (χ2n) is 6.56. The molecule has 0 bridgehead atoms. The Labute approximate surface area is 185 Å². The van der Waals surface area contributed by atoms with Crippen molar-refractivity contribution in [3.8, 4) is 5.82 Å². The molecule has 4 aromatic rings. The van der Waals surface area contributed by atoms with Crippen LogP contribution in [0.1, 0.15) is 5.56 Å². The lowest BCUT2D eigenvalue weighted by molar-refractivity contribution is -0.113. The summed E-state index contributed by atoms with van der Waals surface area (Å²) in [5, 5.41) is 3.78. The lowest BCUT2D eigenvalue weighted by Crippen LogP contribution is -2.23. The molecule has 0 fully saturated rings. The van der Waals surface area contributed by atoms with Gasteiger partial charge >= 0.3 is 0 Å². The molecule has 0 atom stereocenters. The number of carbonyl (C=O) groups excluding carboxylic acids is 1. The smallest absolute Gasteiger partial charge is 0.267 e. The Bertz CT molecular complexity index is 1290. The van der Waals surface area contributed by atoms with E-state index < -0.39 is 0 Å². The number of hydrogen-bond donors (Lipinski definition) is 1. The molecule has 2 aromatic carbocycles. The van der Waals surface area contributed by atoms with Crippen LogP contribution in [0.5, 0.6) is 0 Å². The highest BCUT2D eigenvalue weighted by Crippen LogP contribution is 2.23. The van der Waals surface area contributed by atoms with Gasteiger partial charge in [-0.25, -0.2) is 14.5 Å². The molecule has 1 amide bonds. The van der Waals surface area contributed by atoms with Crippen molar-refractivity contribution in [2.45, 2.75) is 12.1 Å². The van der Waals surface area contributed by atoms with Gasteiger partial charge < -0.3 is 5.32 Å². The maximum absolute atomic E-state index is 13.2. The number of carbonyl (C=O) groups is 1. The van der Waals surface area contributed by atoms with Gasteiger partial charge in [0.1, 0.15) is 5.82 Å². The summed E-state index contributed by atoms with van der Waals surface area (Å²) in [5.74, 6) is 0.369. The van der Waals surface area contributed by atoms with Crippen LogP contribution < -0.4 is 10.9 Å². The Kier molecular flexibility index (Phi) is 5.96. The van der Waals surface area contributed by atoms with E-state index in [1.165, 1.54) is 16.3 Å². The van der Waals surface area contributed by atoms with Gasteiger partial charge in [0.05, 0.1) is 22.3 Å². The van der Waals surface area contributed by atoms with Gasteiger partial charge in [-0.2, -0.15) is 0 Å². The zero-order valence-corrected chi connectivity index (χ0v) is 18.4. The SMILES string of the molecule is Cc1ccc(-n2c(SCC(=O)Nc3ccccc3Br)nc3ccccc3c2=O)nc1. The van der Waals surface area contributed by atoms with Gasteiger partial charge in [0.2, 0.25) is 5.91 Å². The highest BCUT2D eigenvalue weighted by atomic mass is 79.9. The molecule has 0 saturated heterocycles. The van der Waals surface area contributed by atoms with Gasteiger partial charge in [-0.1, -0.05) is 42.1 Å². The summed E-state index contributed by atoms with van der Waals surface area (Å²) in [6.45, 7) is 1.93. The fourth-order valence-corrected chi connectivity index (χ4v) is 4.07. The highest BCUT2D eigenvalue weighted by Gasteiger charge is 2.16. The molecule has 0 radical (unpaired) electrons. The number of aryl methyl sites for hydroxylation is 1. The minimum atomic E-state index is -0.217. The number of halogens is 1. The maximum atomic E-state index is 13.2. The first-order valence-corrected chi connectivity index (χ1v) is 10.9. The third kappa shape index (κ3) is 4.29. The van der Waals surface area contributed by atoms with Crippen molar-refractivity contribution in [1.82, 2.24) is 14.5 Å². The normalized spacial score (nSPS) is 10.9. The summed E-state index contributed by atoms with van der Waals surface area (Å²) >= 11 is 4.61. The number of thioether (sulfide) groups is 1. The van der Waals surface area contributed by atoms with Crippen LogP contribution in [0.25, 0.3) is 16.7 Å². The van der Waals surface area contributed by atoms with Crippen LogP contribution >= 0.6 is 27.7 Å². The summed E-state index contributed by atoms with van der Waals surface area (Å²) in [6.07, 6.45) is 1.70. The van der Waals surface area contributed by atoms with E-state index in [1.807, 2.05) is 43.3 Å². The van der Waals surface area contributed by atoms with Crippen molar-refractivity contribution in [2.24, 2.45) is 0 Å². The number of nitrogens with zero attached hydrogens (tertiary/aromatic N) is 3. The molecule has 0 aliphatic carbocycles. The predicted octanol–water partition coefficient (Wildman–Crippen LogP) is 4.58. The van der Waals surface area contributed by atoms with E-state index in [-0.39, 0.29) is 17.2 Å². The monoisotopic (exact) mass is 480 g/mol. The number of fused-ring (bicyclic) bond motifs is 1. The Morgan fingerprint density at radius 3 is 2.63 bits per heavy atom. The molecule has 1 N–H and O–H groups in total. The van der Waals surface area contributed by atoms with E-state index in [9.17, 15) is 9.59 Å². The number of nitrogens with one attached hydrogen (secondary N) is 1. The van der Waals surface area contributed by atoms with E-state index in [0.29, 0.717) is 27.6 Å². The van der Waals surface area contributed by atoms with Crippen LogP contribution in [0.2, 0.25) is 0 Å². The van der Waals surface area contributed by atoms with E-state index in [0.717, 1.165) is 10.0 Å². The van der Waals surface area contributed by atoms with Crippen molar-refractivity contribution < 1.29 is 4.79 Å². The van der Waals surface area contributed by atoms with Gasteiger partial charge in [-0.05, 0) is 58.7 Å². The van der Waals surface area contributed by atoms with Gasteiger partial charge in [0, 0.05) is 10.7 Å². The molecule has 150 valence electrons. The summed E-state index contributed by atoms with van der Waals surface area (Å²) in [6, 6.07) is 18.2. The maximum Gasteiger partial charge on any atom is 0.267 e. The largest absolute Gasteiger partial charge is 0.324 e. The van der Waals surface area contributed by atoms with Gasteiger partial charge in [-0.15, -0.1) is 0 Å². The predicted molar refractivity (Wildman–Crippen MR) is 123 cm³/mol. The van der Waals surface area contributed by atoms with Crippen molar-refractivity contribution in [3.63, 3.8) is 0 Å². The number of benzene rings is 2. The average Bonchev–Trinajstić information content (AvgIpc) is 2.75. The standard InChI is InChI=1S/C22H17BrN4O2S/c1-14-10-11-19(24-12-14)27-21(29)15-6-2-4-8-17(15)26-22(27)30-13-20(28)25-18-9-5-3-7-16(18)23/h2-12H,13H2,1H3,(H,25,28). The lowest BCUT2D eigenvalue weighted by Gasteiger charge is -2.13. The molecule has 0 aliphatic rings. The first-order valence-electron chi connectivity index (χ1n) is 9.15. The zero-order valence-electron chi connectivity index (χ0n) is 16.0. The molecule has 30 heavy (non-hydrogen) atoms. The Balaban J connectivity index is 1.68. The molecule has 4 rings (SSSR count). The first kappa shape index (κ1) is 20.3. The summed E-state index contributed by atoms with van der Waals surface area (Å²) in [7, 11) is 0. The molecule has 0 spiro atoms. The Hall–Kier alpha value is -2.97. The summed E-state index contributed by atoms with van der Waals surface area (Å²) in [4.78, 5) is 34.7. The van der Waals surface area contributed by atoms with Gasteiger partial charge in [-0.3, -0.25) is 9.59 Å². The molecule has 0 saturated carbocycles.